The van der Waals surface area contributed by atoms with E-state index in [2.05, 4.69) is 10.1 Å². The highest BCUT2D eigenvalue weighted by atomic mass is 32.2. The van der Waals surface area contributed by atoms with Gasteiger partial charge in [0.05, 0.1) is 16.0 Å². The normalized spacial score (nSPS) is 14.4. The molecule has 6 heteroatoms. The molecule has 0 aliphatic heterocycles. The van der Waals surface area contributed by atoms with Crippen molar-refractivity contribution in [2.24, 2.45) is 5.16 Å². The molecule has 0 saturated carbocycles. The molecule has 2 aromatic carbocycles. The summed E-state index contributed by atoms with van der Waals surface area (Å²) in [5, 5.41) is 13.5. The maximum atomic E-state index is 12.0. The van der Waals surface area contributed by atoms with Gasteiger partial charge in [0, 0.05) is 18.1 Å². The molecule has 1 heterocycles. The van der Waals surface area contributed by atoms with E-state index in [1.165, 1.54) is 6.26 Å². The second kappa shape index (κ2) is 7.79. The van der Waals surface area contributed by atoms with Crippen LogP contribution in [0.5, 0.6) is 0 Å². The van der Waals surface area contributed by atoms with Crippen LogP contribution in [-0.4, -0.2) is 30.6 Å². The summed E-state index contributed by atoms with van der Waals surface area (Å²) in [6.45, 7) is 5.69. The zero-order valence-electron chi connectivity index (χ0n) is 16.9. The first-order chi connectivity index (χ1) is 13.7. The van der Waals surface area contributed by atoms with Crippen LogP contribution in [0.3, 0.4) is 0 Å². The van der Waals surface area contributed by atoms with E-state index in [1.54, 1.807) is 37.4 Å². The predicted octanol–water partition coefficient (Wildman–Crippen LogP) is 4.29. The lowest BCUT2D eigenvalue weighted by atomic mass is 9.65. The Morgan fingerprint density at radius 3 is 2.21 bits per heavy atom. The Hall–Kier alpha value is -2.99. The van der Waals surface area contributed by atoms with Gasteiger partial charge in [-0.05, 0) is 67.3 Å². The number of nitrogens with zero attached hydrogens (tertiary/aromatic N) is 2. The smallest absolute Gasteiger partial charge is 0.175 e. The summed E-state index contributed by atoms with van der Waals surface area (Å²) in [6, 6.07) is 18.5. The van der Waals surface area contributed by atoms with Gasteiger partial charge in [0.1, 0.15) is 0 Å². The maximum absolute atomic E-state index is 12.0. The van der Waals surface area contributed by atoms with Gasteiger partial charge in [0.15, 0.2) is 9.84 Å². The first kappa shape index (κ1) is 20.7. The van der Waals surface area contributed by atoms with E-state index in [1.807, 2.05) is 50.2 Å². The molecular formula is C23H24N2O3S. The fourth-order valence-corrected chi connectivity index (χ4v) is 4.52. The van der Waals surface area contributed by atoms with Crippen molar-refractivity contribution in [2.45, 2.75) is 31.1 Å². The van der Waals surface area contributed by atoms with E-state index in [-0.39, 0.29) is 4.90 Å². The van der Waals surface area contributed by atoms with Gasteiger partial charge in [-0.25, -0.2) is 8.42 Å². The van der Waals surface area contributed by atoms with Gasteiger partial charge in [-0.3, -0.25) is 4.98 Å². The van der Waals surface area contributed by atoms with Gasteiger partial charge in [0.25, 0.3) is 0 Å². The third kappa shape index (κ3) is 3.68. The lowest BCUT2D eigenvalue weighted by Crippen LogP contribution is -2.38. The molecule has 0 unspecified atom stereocenters. The molecule has 1 atom stereocenters. The predicted molar refractivity (Wildman–Crippen MR) is 114 cm³/mol. The number of oxime groups is 1. The van der Waals surface area contributed by atoms with Crippen molar-refractivity contribution in [1.29, 1.82) is 0 Å². The maximum Gasteiger partial charge on any atom is 0.175 e. The topological polar surface area (TPSA) is 79.6 Å². The van der Waals surface area contributed by atoms with Crippen molar-refractivity contribution in [3.8, 4) is 0 Å². The molecule has 150 valence electrons. The second-order valence-electron chi connectivity index (χ2n) is 7.23. The molecule has 0 spiro atoms. The fourth-order valence-electron chi connectivity index (χ4n) is 3.89. The molecule has 29 heavy (non-hydrogen) atoms. The number of hydrogen-bond donors (Lipinski definition) is 1. The molecule has 0 amide bonds. The Morgan fingerprint density at radius 2 is 1.66 bits per heavy atom. The highest BCUT2D eigenvalue weighted by Crippen LogP contribution is 2.42. The summed E-state index contributed by atoms with van der Waals surface area (Å²) in [6.07, 6.45) is 2.91. The summed E-state index contributed by atoms with van der Waals surface area (Å²) in [5.41, 5.74) is 4.08. The minimum Gasteiger partial charge on any atom is -0.411 e. The Balaban J connectivity index is 2.44. The Bertz CT molecular complexity index is 1170. The average molecular weight is 409 g/mol. The number of rotatable bonds is 5. The molecule has 0 saturated heterocycles. The largest absolute Gasteiger partial charge is 0.411 e. The van der Waals surface area contributed by atoms with Gasteiger partial charge < -0.3 is 5.21 Å². The molecule has 0 fully saturated rings. The summed E-state index contributed by atoms with van der Waals surface area (Å²) >= 11 is 0. The van der Waals surface area contributed by atoms with Gasteiger partial charge in [-0.1, -0.05) is 41.6 Å². The van der Waals surface area contributed by atoms with E-state index in [0.29, 0.717) is 5.71 Å². The lowest BCUT2D eigenvalue weighted by Gasteiger charge is -2.36. The zero-order valence-corrected chi connectivity index (χ0v) is 17.7. The molecule has 0 bridgehead atoms. The number of pyridine rings is 1. The molecule has 3 aromatic rings. The SMILES string of the molecule is CC(=NO)[C@](c1ccc(S(C)(=O)=O)cc1)(c1ccnc(C)c1)c1ccccc1C. The summed E-state index contributed by atoms with van der Waals surface area (Å²) in [4.78, 5) is 4.55. The van der Waals surface area contributed by atoms with Crippen LogP contribution < -0.4 is 0 Å². The quantitative estimate of drug-likeness (QED) is 0.388. The number of aryl methyl sites for hydroxylation is 2. The standard InChI is InChI=1S/C23H24N2O3S/c1-16-7-5-6-8-22(16)23(18(3)25-26,20-13-14-24-17(2)15-20)19-9-11-21(12-10-19)29(4,27)28/h5-15,26H,1-4H3/t23-/m0/s1. The van der Waals surface area contributed by atoms with Gasteiger partial charge in [0.2, 0.25) is 0 Å². The van der Waals surface area contributed by atoms with Crippen LogP contribution in [0.2, 0.25) is 0 Å². The van der Waals surface area contributed by atoms with E-state index in [9.17, 15) is 13.6 Å². The van der Waals surface area contributed by atoms with Gasteiger partial charge in [-0.2, -0.15) is 0 Å². The van der Waals surface area contributed by atoms with Crippen LogP contribution in [0.25, 0.3) is 0 Å². The first-order valence-corrected chi connectivity index (χ1v) is 11.1. The number of hydrogen-bond acceptors (Lipinski definition) is 5. The second-order valence-corrected chi connectivity index (χ2v) is 9.25. The van der Waals surface area contributed by atoms with Gasteiger partial charge >= 0.3 is 0 Å². The Labute approximate surface area is 171 Å². The minimum absolute atomic E-state index is 0.240. The van der Waals surface area contributed by atoms with Crippen LogP contribution in [0, 0.1) is 13.8 Å². The average Bonchev–Trinajstić information content (AvgIpc) is 2.69. The van der Waals surface area contributed by atoms with E-state index in [4.69, 9.17) is 0 Å². The van der Waals surface area contributed by atoms with Crippen molar-refractivity contribution in [1.82, 2.24) is 4.98 Å². The monoisotopic (exact) mass is 408 g/mol. The van der Waals surface area contributed by atoms with Crippen LogP contribution in [0.1, 0.15) is 34.9 Å². The molecule has 0 radical (unpaired) electrons. The molecule has 0 aliphatic carbocycles. The molecule has 1 aromatic heterocycles. The lowest BCUT2D eigenvalue weighted by molar-refractivity contribution is 0.315. The minimum atomic E-state index is -3.32. The van der Waals surface area contributed by atoms with Crippen molar-refractivity contribution in [3.05, 3.63) is 94.8 Å². The van der Waals surface area contributed by atoms with Crippen LogP contribution in [0.15, 0.2) is 76.9 Å². The van der Waals surface area contributed by atoms with Crippen LogP contribution >= 0.6 is 0 Å². The molecule has 5 nitrogen and oxygen atoms in total. The van der Waals surface area contributed by atoms with Crippen molar-refractivity contribution < 1.29 is 13.6 Å². The molecular weight excluding hydrogens is 384 g/mol. The third-order valence-corrected chi connectivity index (χ3v) is 6.42. The summed E-state index contributed by atoms with van der Waals surface area (Å²) < 4.78 is 23.9. The van der Waals surface area contributed by atoms with Crippen LogP contribution in [-0.2, 0) is 15.3 Å². The van der Waals surface area contributed by atoms with E-state index >= 15 is 0 Å². The Morgan fingerprint density at radius 1 is 1.00 bits per heavy atom. The fraction of sp³-hybridized carbons (Fsp3) is 0.217. The number of sulfone groups is 1. The number of benzene rings is 2. The van der Waals surface area contributed by atoms with Gasteiger partial charge in [-0.15, -0.1) is 0 Å². The van der Waals surface area contributed by atoms with Crippen molar-refractivity contribution in [3.63, 3.8) is 0 Å². The van der Waals surface area contributed by atoms with Crippen molar-refractivity contribution >= 4 is 15.5 Å². The molecule has 0 aliphatic rings. The Kier molecular flexibility index (Phi) is 5.57. The van der Waals surface area contributed by atoms with E-state index < -0.39 is 15.3 Å². The first-order valence-electron chi connectivity index (χ1n) is 9.20. The number of aromatic nitrogens is 1. The highest BCUT2D eigenvalue weighted by molar-refractivity contribution is 7.90. The molecule has 1 N–H and O–H groups in total. The summed E-state index contributed by atoms with van der Waals surface area (Å²) in [7, 11) is -3.32. The van der Waals surface area contributed by atoms with Crippen LogP contribution in [0.4, 0.5) is 0 Å². The van der Waals surface area contributed by atoms with E-state index in [0.717, 1.165) is 27.9 Å². The highest BCUT2D eigenvalue weighted by Gasteiger charge is 2.41. The molecule has 3 rings (SSSR count). The van der Waals surface area contributed by atoms with Crippen molar-refractivity contribution in [2.75, 3.05) is 6.26 Å². The zero-order chi connectivity index (χ0) is 21.2. The summed E-state index contributed by atoms with van der Waals surface area (Å²) in [5.74, 6) is 0. The third-order valence-electron chi connectivity index (χ3n) is 5.29.